The van der Waals surface area contributed by atoms with Gasteiger partial charge >= 0.3 is 11.9 Å². The highest BCUT2D eigenvalue weighted by Gasteiger charge is 2.35. The molecule has 0 saturated heterocycles. The highest BCUT2D eigenvalue weighted by molar-refractivity contribution is 9.11. The van der Waals surface area contributed by atoms with E-state index in [0.29, 0.717) is 5.92 Å². The van der Waals surface area contributed by atoms with E-state index >= 15 is 0 Å². The topological polar surface area (TPSA) is 63.6 Å². The number of allylic oxidation sites excluding steroid dienone is 1. The van der Waals surface area contributed by atoms with Crippen LogP contribution in [0.2, 0.25) is 0 Å². The maximum absolute atomic E-state index is 12.4. The van der Waals surface area contributed by atoms with Gasteiger partial charge in [0.05, 0.1) is 11.1 Å². The number of carboxylic acid groups (broad SMARTS) is 1. The van der Waals surface area contributed by atoms with Gasteiger partial charge in [0.2, 0.25) is 0 Å². The van der Waals surface area contributed by atoms with Gasteiger partial charge in [-0.05, 0) is 48.2 Å². The average molecular weight is 365 g/mol. The minimum Gasteiger partial charge on any atom is -0.478 e. The van der Waals surface area contributed by atoms with Crippen LogP contribution in [0.3, 0.4) is 0 Å². The predicted molar refractivity (Wildman–Crippen MR) is 85.1 cm³/mol. The van der Waals surface area contributed by atoms with E-state index in [4.69, 9.17) is 4.74 Å². The normalized spacial score (nSPS) is 27.0. The second-order valence-electron chi connectivity index (χ2n) is 5.96. The zero-order chi connectivity index (χ0) is 15.7. The number of fused-ring (bicyclic) bond motifs is 3. The molecule has 1 N–H and O–H groups in total. The Hall–Kier alpha value is -1.62. The molecular formula is C17H17BrO4. The number of esters is 1. The molecule has 4 nitrogen and oxygen atoms in total. The molecule has 2 bridgehead atoms. The Balaban J connectivity index is 1.79. The summed E-state index contributed by atoms with van der Waals surface area (Å²) in [5, 5.41) is 9.18. The van der Waals surface area contributed by atoms with Gasteiger partial charge in [0.15, 0.2) is 0 Å². The van der Waals surface area contributed by atoms with Gasteiger partial charge in [0, 0.05) is 5.92 Å². The molecule has 0 aromatic heterocycles. The molecule has 1 aromatic rings. The van der Waals surface area contributed by atoms with Crippen molar-refractivity contribution >= 4 is 27.9 Å². The van der Waals surface area contributed by atoms with E-state index in [1.807, 2.05) is 0 Å². The second kappa shape index (κ2) is 6.24. The van der Waals surface area contributed by atoms with Crippen molar-refractivity contribution in [2.24, 2.45) is 11.8 Å². The first-order valence-electron chi connectivity index (χ1n) is 7.44. The zero-order valence-electron chi connectivity index (χ0n) is 12.0. The first-order chi connectivity index (χ1) is 10.5. The molecule has 1 fully saturated rings. The van der Waals surface area contributed by atoms with Crippen LogP contribution in [0.4, 0.5) is 0 Å². The van der Waals surface area contributed by atoms with E-state index in [1.54, 1.807) is 12.1 Å². The van der Waals surface area contributed by atoms with E-state index in [9.17, 15) is 14.7 Å². The van der Waals surface area contributed by atoms with Crippen LogP contribution in [0.1, 0.15) is 46.4 Å². The molecule has 0 unspecified atom stereocenters. The van der Waals surface area contributed by atoms with Gasteiger partial charge in [-0.3, -0.25) is 0 Å². The smallest absolute Gasteiger partial charge is 0.339 e. The maximum Gasteiger partial charge on any atom is 0.339 e. The minimum atomic E-state index is -1.11. The van der Waals surface area contributed by atoms with Crippen molar-refractivity contribution in [3.63, 3.8) is 0 Å². The predicted octanol–water partition coefficient (Wildman–Crippen LogP) is 4.01. The lowest BCUT2D eigenvalue weighted by atomic mass is 9.81. The van der Waals surface area contributed by atoms with Crippen LogP contribution in [-0.2, 0) is 4.74 Å². The Morgan fingerprint density at radius 2 is 1.91 bits per heavy atom. The lowest BCUT2D eigenvalue weighted by molar-refractivity contribution is 0.00252. The van der Waals surface area contributed by atoms with Gasteiger partial charge in [-0.15, -0.1) is 0 Å². The average Bonchev–Trinajstić information content (AvgIpc) is 2.76. The number of carbonyl (C=O) groups is 2. The minimum absolute atomic E-state index is 0.0111. The van der Waals surface area contributed by atoms with Crippen molar-refractivity contribution < 1.29 is 19.4 Å². The van der Waals surface area contributed by atoms with Crippen LogP contribution in [-0.4, -0.2) is 23.1 Å². The molecule has 1 saturated carbocycles. The number of ether oxygens (including phenoxy) is 1. The summed E-state index contributed by atoms with van der Waals surface area (Å²) in [5.74, 6) is -0.913. The Morgan fingerprint density at radius 3 is 2.64 bits per heavy atom. The van der Waals surface area contributed by atoms with Crippen molar-refractivity contribution in [3.8, 4) is 0 Å². The molecule has 0 heterocycles. The molecule has 3 aliphatic carbocycles. The molecule has 0 amide bonds. The van der Waals surface area contributed by atoms with Crippen molar-refractivity contribution in [1.82, 2.24) is 0 Å². The maximum atomic E-state index is 12.4. The molecule has 4 rings (SSSR count). The van der Waals surface area contributed by atoms with Gasteiger partial charge in [-0.25, -0.2) is 9.59 Å². The summed E-state index contributed by atoms with van der Waals surface area (Å²) < 4.78 is 6.85. The fraction of sp³-hybridized carbons (Fsp3) is 0.412. The van der Waals surface area contributed by atoms with E-state index in [-0.39, 0.29) is 23.1 Å². The van der Waals surface area contributed by atoms with Crippen LogP contribution in [0.5, 0.6) is 0 Å². The van der Waals surface area contributed by atoms with E-state index in [1.165, 1.54) is 16.6 Å². The Bertz CT molecular complexity index is 637. The monoisotopic (exact) mass is 364 g/mol. The van der Waals surface area contributed by atoms with Gasteiger partial charge in [-0.2, -0.15) is 0 Å². The van der Waals surface area contributed by atoms with Gasteiger partial charge in [0.25, 0.3) is 0 Å². The van der Waals surface area contributed by atoms with E-state index in [2.05, 4.69) is 22.0 Å². The molecule has 1 aromatic carbocycles. The van der Waals surface area contributed by atoms with Crippen LogP contribution in [0.15, 0.2) is 34.8 Å². The summed E-state index contributed by atoms with van der Waals surface area (Å²) in [5.41, 5.74) is 0.112. The van der Waals surface area contributed by atoms with Crippen LogP contribution in [0.25, 0.3) is 0 Å². The third kappa shape index (κ3) is 3.09. The Kier molecular flexibility index (Phi) is 4.34. The van der Waals surface area contributed by atoms with Crippen molar-refractivity contribution in [2.75, 3.05) is 0 Å². The summed E-state index contributed by atoms with van der Waals surface area (Å²) in [6, 6.07) is 6.19. The molecule has 22 heavy (non-hydrogen) atoms. The molecule has 3 atom stereocenters. The number of carbonyl (C=O) groups excluding carboxylic acids is 1. The summed E-state index contributed by atoms with van der Waals surface area (Å²) in [7, 11) is 0. The summed E-state index contributed by atoms with van der Waals surface area (Å²) in [4.78, 5) is 23.6. The first-order valence-corrected chi connectivity index (χ1v) is 8.23. The number of rotatable bonds is 3. The van der Waals surface area contributed by atoms with Crippen molar-refractivity contribution in [2.45, 2.75) is 31.8 Å². The largest absolute Gasteiger partial charge is 0.478 e. The lowest BCUT2D eigenvalue weighted by Gasteiger charge is -2.31. The molecule has 5 heteroatoms. The van der Waals surface area contributed by atoms with Crippen LogP contribution in [0, 0.1) is 11.8 Å². The van der Waals surface area contributed by atoms with E-state index in [0.717, 1.165) is 25.7 Å². The zero-order valence-corrected chi connectivity index (χ0v) is 13.6. The fourth-order valence-electron chi connectivity index (χ4n) is 3.37. The molecule has 0 radical (unpaired) electrons. The number of benzene rings is 1. The molecule has 3 aliphatic rings. The third-order valence-corrected chi connectivity index (χ3v) is 5.05. The van der Waals surface area contributed by atoms with E-state index < -0.39 is 11.9 Å². The number of hydrogen-bond acceptors (Lipinski definition) is 3. The molecule has 116 valence electrons. The quantitative estimate of drug-likeness (QED) is 0.823. The van der Waals surface area contributed by atoms with Gasteiger partial charge in [0.1, 0.15) is 6.10 Å². The highest BCUT2D eigenvalue weighted by Crippen LogP contribution is 2.41. The SMILES string of the molecule is O=C(O)c1ccccc1C(=O)O[C@H]1C[C@H]2CC[C@H]1C=C(Br)C2. The first kappa shape index (κ1) is 15.3. The van der Waals surface area contributed by atoms with Gasteiger partial charge in [-0.1, -0.05) is 34.1 Å². The second-order valence-corrected chi connectivity index (χ2v) is 6.97. The van der Waals surface area contributed by atoms with Crippen molar-refractivity contribution in [3.05, 3.63) is 46.0 Å². The number of aromatic carboxylic acids is 1. The molecule has 0 aliphatic heterocycles. The van der Waals surface area contributed by atoms with Crippen molar-refractivity contribution in [1.29, 1.82) is 0 Å². The highest BCUT2D eigenvalue weighted by atomic mass is 79.9. The lowest BCUT2D eigenvalue weighted by Crippen LogP contribution is -2.31. The number of hydrogen-bond donors (Lipinski definition) is 1. The summed E-state index contributed by atoms with van der Waals surface area (Å²) in [6.45, 7) is 0. The fourth-order valence-corrected chi connectivity index (χ4v) is 4.17. The molecular weight excluding hydrogens is 348 g/mol. The summed E-state index contributed by atoms with van der Waals surface area (Å²) in [6.07, 6.45) is 5.98. The van der Waals surface area contributed by atoms with Crippen LogP contribution < -0.4 is 0 Å². The standard InChI is InChI=1S/C17H17BrO4/c18-12-7-10-5-6-11(9-12)15(8-10)22-17(21)14-4-2-1-3-13(14)16(19)20/h1-4,9-11,15H,5-8H2,(H,19,20)/t10-,11-,15-/m0/s1. The number of carboxylic acids is 1. The summed E-state index contributed by atoms with van der Waals surface area (Å²) >= 11 is 3.57. The molecule has 0 spiro atoms. The van der Waals surface area contributed by atoms with Crippen LogP contribution >= 0.6 is 15.9 Å². The van der Waals surface area contributed by atoms with Gasteiger partial charge < -0.3 is 9.84 Å². The Labute approximate surface area is 137 Å². The Morgan fingerprint density at radius 1 is 1.18 bits per heavy atom. The number of halogens is 1. The third-order valence-electron chi connectivity index (χ3n) is 4.47.